The molecule has 0 radical (unpaired) electrons. The van der Waals surface area contributed by atoms with Crippen LogP contribution in [0.2, 0.25) is 0 Å². The minimum absolute atomic E-state index is 0.0804. The molecule has 1 aliphatic rings. The number of nitrogens with zero attached hydrogens (tertiary/aromatic N) is 1. The molecule has 1 aromatic carbocycles. The van der Waals surface area contributed by atoms with Crippen LogP contribution in [0.3, 0.4) is 0 Å². The predicted octanol–water partition coefficient (Wildman–Crippen LogP) is 3.96. The molecule has 106 valence electrons. The van der Waals surface area contributed by atoms with Crippen LogP contribution in [0.15, 0.2) is 6.07 Å². The molecule has 3 rings (SSSR count). The summed E-state index contributed by atoms with van der Waals surface area (Å²) in [5.41, 5.74) is 2.43. The number of anilines is 1. The monoisotopic (exact) mass is 280 g/mol. The number of nitrogens with one attached hydrogen (secondary N) is 1. The van der Waals surface area contributed by atoms with Gasteiger partial charge in [-0.2, -0.15) is 0 Å². The van der Waals surface area contributed by atoms with Crippen LogP contribution < -0.4 is 5.32 Å². The van der Waals surface area contributed by atoms with Crippen molar-refractivity contribution in [2.75, 3.05) is 11.9 Å². The van der Waals surface area contributed by atoms with E-state index in [1.54, 1.807) is 0 Å². The number of aryl methyl sites for hydroxylation is 1. The van der Waals surface area contributed by atoms with Crippen LogP contribution in [0.4, 0.5) is 18.9 Å². The van der Waals surface area contributed by atoms with Gasteiger partial charge in [0.1, 0.15) is 5.52 Å². The number of pyridine rings is 1. The lowest BCUT2D eigenvalue weighted by Crippen LogP contribution is -2.07. The molecule has 0 saturated carbocycles. The van der Waals surface area contributed by atoms with E-state index in [0.29, 0.717) is 17.6 Å². The maximum Gasteiger partial charge on any atom is 0.196 e. The molecule has 1 heterocycles. The number of hydrogen-bond donors (Lipinski definition) is 1. The van der Waals surface area contributed by atoms with Crippen LogP contribution >= 0.6 is 0 Å². The van der Waals surface area contributed by atoms with E-state index >= 15 is 0 Å². The molecule has 0 atom stereocenters. The summed E-state index contributed by atoms with van der Waals surface area (Å²) in [7, 11) is 0. The van der Waals surface area contributed by atoms with Crippen LogP contribution in [-0.2, 0) is 12.8 Å². The smallest absolute Gasteiger partial charge is 0.196 e. The summed E-state index contributed by atoms with van der Waals surface area (Å²) >= 11 is 0. The largest absolute Gasteiger partial charge is 0.384 e. The summed E-state index contributed by atoms with van der Waals surface area (Å²) in [6, 6.07) is 1.04. The minimum Gasteiger partial charge on any atom is -0.384 e. The molecule has 1 aliphatic carbocycles. The zero-order valence-electron chi connectivity index (χ0n) is 11.2. The van der Waals surface area contributed by atoms with E-state index in [4.69, 9.17) is 0 Å². The molecule has 2 aromatic rings. The Morgan fingerprint density at radius 3 is 2.75 bits per heavy atom. The second kappa shape index (κ2) is 4.96. The maximum absolute atomic E-state index is 13.9. The third kappa shape index (κ3) is 1.92. The Balaban J connectivity index is 2.32. The highest BCUT2D eigenvalue weighted by atomic mass is 19.2. The Morgan fingerprint density at radius 2 is 2.00 bits per heavy atom. The minimum atomic E-state index is -1.45. The van der Waals surface area contributed by atoms with Crippen molar-refractivity contribution in [2.24, 2.45) is 0 Å². The highest BCUT2D eigenvalue weighted by Crippen LogP contribution is 2.36. The molecule has 5 heteroatoms. The van der Waals surface area contributed by atoms with E-state index in [2.05, 4.69) is 10.3 Å². The molecule has 0 fully saturated rings. The van der Waals surface area contributed by atoms with Crippen molar-refractivity contribution in [1.82, 2.24) is 4.98 Å². The Labute approximate surface area is 115 Å². The van der Waals surface area contributed by atoms with E-state index in [9.17, 15) is 13.2 Å². The summed E-state index contributed by atoms with van der Waals surface area (Å²) in [5.74, 6) is -3.83. The van der Waals surface area contributed by atoms with Gasteiger partial charge in [-0.1, -0.05) is 6.92 Å². The number of hydrogen-bond acceptors (Lipinski definition) is 2. The topological polar surface area (TPSA) is 24.9 Å². The SMILES string of the molecule is CCCNc1c2c(nc3c(F)c(F)c(F)cc13)CCC2. The summed E-state index contributed by atoms with van der Waals surface area (Å²) < 4.78 is 40.8. The van der Waals surface area contributed by atoms with Crippen LogP contribution in [0.5, 0.6) is 0 Å². The molecule has 2 nitrogen and oxygen atoms in total. The average Bonchev–Trinajstić information content (AvgIpc) is 2.90. The van der Waals surface area contributed by atoms with Crippen molar-refractivity contribution >= 4 is 16.6 Å². The molecule has 0 bridgehead atoms. The van der Waals surface area contributed by atoms with Gasteiger partial charge in [0.25, 0.3) is 0 Å². The van der Waals surface area contributed by atoms with Gasteiger partial charge < -0.3 is 5.32 Å². The molecule has 20 heavy (non-hydrogen) atoms. The first kappa shape index (κ1) is 13.2. The summed E-state index contributed by atoms with van der Waals surface area (Å²) in [6.07, 6.45) is 3.42. The van der Waals surface area contributed by atoms with Gasteiger partial charge in [0.15, 0.2) is 17.5 Å². The maximum atomic E-state index is 13.9. The third-order valence-corrected chi connectivity index (χ3v) is 3.69. The van der Waals surface area contributed by atoms with Crippen molar-refractivity contribution < 1.29 is 13.2 Å². The van der Waals surface area contributed by atoms with Gasteiger partial charge in [-0.15, -0.1) is 0 Å². The normalized spacial score (nSPS) is 13.8. The second-order valence-electron chi connectivity index (χ2n) is 5.07. The van der Waals surface area contributed by atoms with Gasteiger partial charge in [0, 0.05) is 23.3 Å². The lowest BCUT2D eigenvalue weighted by atomic mass is 10.1. The zero-order valence-corrected chi connectivity index (χ0v) is 11.2. The summed E-state index contributed by atoms with van der Waals surface area (Å²) in [5, 5.41) is 3.54. The number of aromatic nitrogens is 1. The Hall–Kier alpha value is -1.78. The highest BCUT2D eigenvalue weighted by molar-refractivity contribution is 5.94. The molecule has 1 aromatic heterocycles. The van der Waals surface area contributed by atoms with Crippen LogP contribution in [0.1, 0.15) is 31.0 Å². The Morgan fingerprint density at radius 1 is 1.20 bits per heavy atom. The summed E-state index contributed by atoms with van der Waals surface area (Å²) in [4.78, 5) is 4.20. The number of benzene rings is 1. The van der Waals surface area contributed by atoms with Gasteiger partial charge in [0.2, 0.25) is 0 Å². The summed E-state index contributed by atoms with van der Waals surface area (Å²) in [6.45, 7) is 2.71. The lowest BCUT2D eigenvalue weighted by molar-refractivity contribution is 0.452. The molecule has 0 amide bonds. The molecular weight excluding hydrogens is 265 g/mol. The quantitative estimate of drug-likeness (QED) is 0.861. The van der Waals surface area contributed by atoms with Gasteiger partial charge in [-0.05, 0) is 37.3 Å². The lowest BCUT2D eigenvalue weighted by Gasteiger charge is -2.15. The molecule has 0 aliphatic heterocycles. The van der Waals surface area contributed by atoms with Crippen molar-refractivity contribution in [3.8, 4) is 0 Å². The van der Waals surface area contributed by atoms with Gasteiger partial charge in [-0.3, -0.25) is 0 Å². The highest BCUT2D eigenvalue weighted by Gasteiger charge is 2.23. The molecular formula is C15H15F3N2. The molecule has 1 N–H and O–H groups in total. The number of halogens is 3. The van der Waals surface area contributed by atoms with Gasteiger partial charge >= 0.3 is 0 Å². The van der Waals surface area contributed by atoms with Crippen molar-refractivity contribution in [1.29, 1.82) is 0 Å². The average molecular weight is 280 g/mol. The molecule has 0 spiro atoms. The van der Waals surface area contributed by atoms with Gasteiger partial charge in [0.05, 0.1) is 0 Å². The fraction of sp³-hybridized carbons (Fsp3) is 0.400. The van der Waals surface area contributed by atoms with Crippen molar-refractivity contribution in [3.63, 3.8) is 0 Å². The Bertz CT molecular complexity index is 683. The van der Waals surface area contributed by atoms with Gasteiger partial charge in [-0.25, -0.2) is 18.2 Å². The van der Waals surface area contributed by atoms with E-state index in [1.807, 2.05) is 6.92 Å². The fourth-order valence-corrected chi connectivity index (χ4v) is 2.76. The van der Waals surface area contributed by atoms with E-state index in [1.165, 1.54) is 0 Å². The first-order valence-corrected chi connectivity index (χ1v) is 6.86. The van der Waals surface area contributed by atoms with E-state index in [0.717, 1.165) is 43.0 Å². The van der Waals surface area contributed by atoms with Crippen molar-refractivity contribution in [2.45, 2.75) is 32.6 Å². The predicted molar refractivity (Wildman–Crippen MR) is 72.4 cm³/mol. The number of rotatable bonds is 3. The zero-order chi connectivity index (χ0) is 14.3. The number of fused-ring (bicyclic) bond motifs is 2. The third-order valence-electron chi connectivity index (χ3n) is 3.69. The molecule has 0 unspecified atom stereocenters. The van der Waals surface area contributed by atoms with E-state index in [-0.39, 0.29) is 5.52 Å². The first-order chi connectivity index (χ1) is 9.63. The second-order valence-corrected chi connectivity index (χ2v) is 5.07. The fourth-order valence-electron chi connectivity index (χ4n) is 2.76. The van der Waals surface area contributed by atoms with Crippen LogP contribution in [0, 0.1) is 17.5 Å². The first-order valence-electron chi connectivity index (χ1n) is 6.86. The van der Waals surface area contributed by atoms with Crippen LogP contribution in [-0.4, -0.2) is 11.5 Å². The van der Waals surface area contributed by atoms with Crippen LogP contribution in [0.25, 0.3) is 10.9 Å². The van der Waals surface area contributed by atoms with E-state index < -0.39 is 17.5 Å². The standard InChI is InChI=1S/C15H15F3N2/c1-2-6-19-14-8-4-3-5-11(8)20-15-9(14)7-10(16)12(17)13(15)18/h7H,2-6H2,1H3,(H,19,20). The Kier molecular flexibility index (Phi) is 3.28. The van der Waals surface area contributed by atoms with Crippen molar-refractivity contribution in [3.05, 3.63) is 34.8 Å². The molecule has 0 saturated heterocycles.